The maximum Gasteiger partial charge on any atom is 0.338 e. The van der Waals surface area contributed by atoms with Crippen molar-refractivity contribution in [3.05, 3.63) is 143 Å². The first-order valence-electron chi connectivity index (χ1n) is 15.0. The number of hydrogen-bond donors (Lipinski definition) is 0. The molecule has 0 amide bonds. The van der Waals surface area contributed by atoms with E-state index in [4.69, 9.17) is 14.5 Å². The highest BCUT2D eigenvalue weighted by molar-refractivity contribution is 7.99. The number of benzene rings is 3. The highest BCUT2D eigenvalue weighted by Crippen LogP contribution is 2.36. The maximum absolute atomic E-state index is 14.2. The van der Waals surface area contributed by atoms with Crippen LogP contribution in [0.3, 0.4) is 0 Å². The van der Waals surface area contributed by atoms with Gasteiger partial charge < -0.3 is 9.47 Å². The fourth-order valence-corrected chi connectivity index (χ4v) is 7.00. The average Bonchev–Trinajstić information content (AvgIpc) is 3.39. The number of esters is 1. The summed E-state index contributed by atoms with van der Waals surface area (Å²) in [7, 11) is 0. The molecular formula is C35H29N5O6S2. The summed E-state index contributed by atoms with van der Waals surface area (Å²) in [5, 5.41) is 12.4. The van der Waals surface area contributed by atoms with E-state index in [2.05, 4.69) is 9.97 Å². The molecule has 0 unspecified atom stereocenters. The van der Waals surface area contributed by atoms with Gasteiger partial charge in [0, 0.05) is 24.0 Å². The minimum Gasteiger partial charge on any atom is -0.491 e. The molecule has 2 aromatic heterocycles. The molecule has 1 aliphatic heterocycles. The van der Waals surface area contributed by atoms with Gasteiger partial charge in [0.25, 0.3) is 11.2 Å². The maximum atomic E-state index is 14.2. The van der Waals surface area contributed by atoms with E-state index in [1.165, 1.54) is 10.6 Å². The van der Waals surface area contributed by atoms with Gasteiger partial charge in [0.05, 0.1) is 44.4 Å². The summed E-state index contributed by atoms with van der Waals surface area (Å²) in [5.74, 6) is 0.0566. The van der Waals surface area contributed by atoms with Gasteiger partial charge >= 0.3 is 5.97 Å². The van der Waals surface area contributed by atoms with Crippen molar-refractivity contribution in [1.82, 2.24) is 14.5 Å². The average molecular weight is 680 g/mol. The second kappa shape index (κ2) is 14.2. The largest absolute Gasteiger partial charge is 0.491 e. The SMILES string of the molecule is CCOC(=O)C1=C(c2ccccc2)N=c2s/c(=C\c3ccc(Sc4ncccn4)c([N+](=O)[O-])c3)c(=O)n2[C@@H]1c1ccc(OC(C)C)cc1. The van der Waals surface area contributed by atoms with Gasteiger partial charge in [-0.25, -0.2) is 19.8 Å². The van der Waals surface area contributed by atoms with Crippen molar-refractivity contribution in [2.75, 3.05) is 6.61 Å². The van der Waals surface area contributed by atoms with Crippen LogP contribution in [0.15, 0.2) is 117 Å². The molecule has 0 N–H and O–H groups in total. The molecule has 0 bridgehead atoms. The van der Waals surface area contributed by atoms with Crippen LogP contribution in [0, 0.1) is 10.1 Å². The molecular weight excluding hydrogens is 651 g/mol. The van der Waals surface area contributed by atoms with E-state index in [9.17, 15) is 19.7 Å². The van der Waals surface area contributed by atoms with Crippen molar-refractivity contribution >= 4 is 46.5 Å². The Balaban J connectivity index is 1.53. The van der Waals surface area contributed by atoms with Crippen LogP contribution >= 0.6 is 23.1 Å². The fourth-order valence-electron chi connectivity index (χ4n) is 5.20. The van der Waals surface area contributed by atoms with E-state index in [-0.39, 0.29) is 28.5 Å². The number of thiazole rings is 1. The lowest BCUT2D eigenvalue weighted by Crippen LogP contribution is -2.40. The molecule has 13 heteroatoms. The molecule has 0 radical (unpaired) electrons. The number of nitro groups is 1. The molecule has 5 aromatic rings. The Kier molecular flexibility index (Phi) is 9.60. The second-order valence-corrected chi connectivity index (χ2v) is 12.8. The minimum absolute atomic E-state index is 0.0386. The molecule has 242 valence electrons. The molecule has 48 heavy (non-hydrogen) atoms. The summed E-state index contributed by atoms with van der Waals surface area (Å²) in [4.78, 5) is 53.4. The van der Waals surface area contributed by atoms with Crippen LogP contribution in [0.25, 0.3) is 11.8 Å². The Hall–Kier alpha value is -5.40. The lowest BCUT2D eigenvalue weighted by molar-refractivity contribution is -0.387. The predicted octanol–water partition coefficient (Wildman–Crippen LogP) is 5.57. The Bertz CT molecular complexity index is 2200. The van der Waals surface area contributed by atoms with Crippen molar-refractivity contribution in [2.24, 2.45) is 4.99 Å². The molecule has 6 rings (SSSR count). The Morgan fingerprint density at radius 1 is 1.06 bits per heavy atom. The Labute approximate surface area is 283 Å². The van der Waals surface area contributed by atoms with Gasteiger partial charge in [0.15, 0.2) is 9.96 Å². The van der Waals surface area contributed by atoms with Gasteiger partial charge in [0.1, 0.15) is 5.75 Å². The van der Waals surface area contributed by atoms with Crippen molar-refractivity contribution in [2.45, 2.75) is 43.0 Å². The number of nitrogens with zero attached hydrogens (tertiary/aromatic N) is 5. The quantitative estimate of drug-likeness (QED) is 0.0802. The molecule has 0 aliphatic carbocycles. The summed E-state index contributed by atoms with van der Waals surface area (Å²) in [6.45, 7) is 5.71. The van der Waals surface area contributed by atoms with Crippen molar-refractivity contribution in [3.63, 3.8) is 0 Å². The molecule has 0 saturated carbocycles. The molecule has 0 spiro atoms. The summed E-state index contributed by atoms with van der Waals surface area (Å²) in [6.07, 6.45) is 4.68. The van der Waals surface area contributed by atoms with E-state index in [0.717, 1.165) is 23.1 Å². The Morgan fingerprint density at radius 3 is 2.46 bits per heavy atom. The molecule has 11 nitrogen and oxygen atoms in total. The number of hydrogen-bond acceptors (Lipinski definition) is 11. The van der Waals surface area contributed by atoms with Crippen LogP contribution in [0.4, 0.5) is 5.69 Å². The highest BCUT2D eigenvalue weighted by atomic mass is 32.2. The van der Waals surface area contributed by atoms with Crippen LogP contribution in [-0.4, -0.2) is 38.1 Å². The van der Waals surface area contributed by atoms with Crippen molar-refractivity contribution in [1.29, 1.82) is 0 Å². The normalized spacial score (nSPS) is 14.4. The summed E-state index contributed by atoms with van der Waals surface area (Å²) < 4.78 is 13.1. The van der Waals surface area contributed by atoms with E-state index in [1.54, 1.807) is 55.7 Å². The lowest BCUT2D eigenvalue weighted by Gasteiger charge is -2.26. The van der Waals surface area contributed by atoms with E-state index in [1.807, 2.05) is 56.3 Å². The molecule has 0 saturated heterocycles. The van der Waals surface area contributed by atoms with Gasteiger partial charge in [-0.3, -0.25) is 19.5 Å². The number of carbonyl (C=O) groups excluding carboxylic acids is 1. The van der Waals surface area contributed by atoms with Gasteiger partial charge in [-0.15, -0.1) is 0 Å². The zero-order chi connectivity index (χ0) is 33.8. The van der Waals surface area contributed by atoms with Gasteiger partial charge in [-0.1, -0.05) is 59.9 Å². The number of rotatable bonds is 10. The number of aromatic nitrogens is 3. The van der Waals surface area contributed by atoms with Crippen LogP contribution in [-0.2, 0) is 9.53 Å². The van der Waals surface area contributed by atoms with Crippen molar-refractivity contribution in [3.8, 4) is 5.75 Å². The summed E-state index contributed by atoms with van der Waals surface area (Å²) in [6, 6.07) is 22.0. The lowest BCUT2D eigenvalue weighted by atomic mass is 9.93. The topological polar surface area (TPSA) is 139 Å². The van der Waals surface area contributed by atoms with E-state index in [0.29, 0.717) is 43.0 Å². The number of nitro benzene ring substituents is 1. The predicted molar refractivity (Wildman–Crippen MR) is 183 cm³/mol. The molecule has 3 aromatic carbocycles. The van der Waals surface area contributed by atoms with Crippen LogP contribution in [0.2, 0.25) is 0 Å². The van der Waals surface area contributed by atoms with Gasteiger partial charge in [-0.2, -0.15) is 0 Å². The van der Waals surface area contributed by atoms with Gasteiger partial charge in [-0.05, 0) is 74.0 Å². The third-order valence-corrected chi connectivity index (χ3v) is 9.10. The van der Waals surface area contributed by atoms with Crippen LogP contribution in [0.1, 0.15) is 43.5 Å². The van der Waals surface area contributed by atoms with Crippen molar-refractivity contribution < 1.29 is 19.2 Å². The third-order valence-electron chi connectivity index (χ3n) is 7.16. The Morgan fingerprint density at radius 2 is 1.79 bits per heavy atom. The zero-order valence-electron chi connectivity index (χ0n) is 26.1. The van der Waals surface area contributed by atoms with E-state index < -0.39 is 22.5 Å². The number of ether oxygens (including phenoxy) is 2. The van der Waals surface area contributed by atoms with Crippen LogP contribution < -0.4 is 19.6 Å². The molecule has 1 aliphatic rings. The molecule has 3 heterocycles. The van der Waals surface area contributed by atoms with Gasteiger partial charge in [0.2, 0.25) is 0 Å². The highest BCUT2D eigenvalue weighted by Gasteiger charge is 2.35. The zero-order valence-corrected chi connectivity index (χ0v) is 27.7. The summed E-state index contributed by atoms with van der Waals surface area (Å²) in [5.41, 5.74) is 1.86. The first-order chi connectivity index (χ1) is 23.2. The smallest absolute Gasteiger partial charge is 0.338 e. The minimum atomic E-state index is -0.871. The fraction of sp³-hybridized carbons (Fsp3) is 0.171. The first-order valence-corrected chi connectivity index (χ1v) is 16.6. The van der Waals surface area contributed by atoms with Crippen LogP contribution in [0.5, 0.6) is 5.75 Å². The third kappa shape index (κ3) is 6.82. The van der Waals surface area contributed by atoms with E-state index >= 15 is 0 Å². The molecule has 1 atom stereocenters. The number of fused-ring (bicyclic) bond motifs is 1. The standard InChI is InChI=1S/C35H29N5O6S2/c1-4-45-33(42)29-30(23-9-6-5-7-10-23)38-35-39(31(29)24-12-14-25(15-13-24)46-21(2)3)32(41)28(48-35)20-22-11-16-27(26(19-22)40(43)44)47-34-36-17-8-18-37-34/h5-21,31H,4H2,1-3H3/b28-20-/t31-/m1/s1. The first kappa shape index (κ1) is 32.5. The number of carbonyl (C=O) groups is 1. The molecule has 0 fully saturated rings. The monoisotopic (exact) mass is 679 g/mol. The second-order valence-electron chi connectivity index (χ2n) is 10.8. The summed E-state index contributed by atoms with van der Waals surface area (Å²) >= 11 is 2.21.